The van der Waals surface area contributed by atoms with Crippen LogP contribution >= 0.6 is 0 Å². The Balaban J connectivity index is 1.85. The molecule has 1 aliphatic heterocycles. The van der Waals surface area contributed by atoms with Crippen molar-refractivity contribution in [3.05, 3.63) is 42.0 Å². The Bertz CT molecular complexity index is 752. The van der Waals surface area contributed by atoms with Crippen LogP contribution in [0.5, 0.6) is 17.2 Å². The van der Waals surface area contributed by atoms with Crippen LogP contribution in [0.4, 0.5) is 0 Å². The first-order chi connectivity index (χ1) is 13.2. The molecule has 1 amide bonds. The molecular weight excluding hydrogens is 342 g/mol. The van der Waals surface area contributed by atoms with E-state index < -0.39 is 0 Å². The van der Waals surface area contributed by atoms with Gasteiger partial charge in [-0.2, -0.15) is 0 Å². The summed E-state index contributed by atoms with van der Waals surface area (Å²) in [5.74, 6) is 1.90. The molecule has 2 aromatic carbocycles. The summed E-state index contributed by atoms with van der Waals surface area (Å²) in [6, 6.07) is 11.5. The molecule has 0 unspecified atom stereocenters. The molecule has 3 rings (SSSR count). The molecule has 144 valence electrons. The third-order valence-corrected chi connectivity index (χ3v) is 5.02. The van der Waals surface area contributed by atoms with Crippen LogP contribution in [0, 0.1) is 0 Å². The second-order valence-corrected chi connectivity index (χ2v) is 6.70. The molecule has 27 heavy (non-hydrogen) atoms. The minimum atomic E-state index is 0.119. The van der Waals surface area contributed by atoms with E-state index in [1.54, 1.807) is 21.3 Å². The third kappa shape index (κ3) is 4.18. The van der Waals surface area contributed by atoms with Crippen LogP contribution in [-0.2, 0) is 0 Å². The quantitative estimate of drug-likeness (QED) is 0.784. The Morgan fingerprint density at radius 2 is 1.33 bits per heavy atom. The van der Waals surface area contributed by atoms with Crippen molar-refractivity contribution in [3.8, 4) is 28.4 Å². The predicted octanol–water partition coefficient (Wildman–Crippen LogP) is 4.40. The maximum atomic E-state index is 12.8. The van der Waals surface area contributed by atoms with Crippen LogP contribution in [0.1, 0.15) is 36.0 Å². The third-order valence-electron chi connectivity index (χ3n) is 5.02. The summed E-state index contributed by atoms with van der Waals surface area (Å²) in [4.78, 5) is 14.7. The second kappa shape index (κ2) is 8.80. The van der Waals surface area contributed by atoms with Crippen LogP contribution < -0.4 is 14.2 Å². The van der Waals surface area contributed by atoms with Gasteiger partial charge < -0.3 is 19.1 Å². The van der Waals surface area contributed by atoms with E-state index in [-0.39, 0.29) is 5.91 Å². The van der Waals surface area contributed by atoms with E-state index in [2.05, 4.69) is 0 Å². The number of benzene rings is 2. The number of carbonyl (C=O) groups is 1. The van der Waals surface area contributed by atoms with Gasteiger partial charge in [-0.25, -0.2) is 0 Å². The lowest BCUT2D eigenvalue weighted by atomic mass is 10.0. The van der Waals surface area contributed by atoms with Gasteiger partial charge in [0.2, 0.25) is 5.75 Å². The smallest absolute Gasteiger partial charge is 0.253 e. The number of nitrogens with zero attached hydrogens (tertiary/aromatic N) is 1. The molecule has 2 aromatic rings. The number of amides is 1. The van der Waals surface area contributed by atoms with E-state index in [1.165, 1.54) is 12.8 Å². The number of hydrogen-bond donors (Lipinski definition) is 0. The zero-order chi connectivity index (χ0) is 19.2. The zero-order valence-corrected chi connectivity index (χ0v) is 16.3. The van der Waals surface area contributed by atoms with Gasteiger partial charge in [-0.15, -0.1) is 0 Å². The fourth-order valence-corrected chi connectivity index (χ4v) is 3.51. The monoisotopic (exact) mass is 369 g/mol. The first-order valence-electron chi connectivity index (χ1n) is 9.37. The van der Waals surface area contributed by atoms with Gasteiger partial charge in [-0.1, -0.05) is 25.0 Å². The number of rotatable bonds is 5. The van der Waals surface area contributed by atoms with Gasteiger partial charge >= 0.3 is 0 Å². The van der Waals surface area contributed by atoms with Gasteiger partial charge in [-0.3, -0.25) is 4.79 Å². The molecule has 0 aromatic heterocycles. The van der Waals surface area contributed by atoms with E-state index >= 15 is 0 Å². The molecule has 0 radical (unpaired) electrons. The molecule has 5 nitrogen and oxygen atoms in total. The van der Waals surface area contributed by atoms with Crippen LogP contribution in [-0.4, -0.2) is 45.2 Å². The second-order valence-electron chi connectivity index (χ2n) is 6.70. The van der Waals surface area contributed by atoms with Crippen molar-refractivity contribution in [2.24, 2.45) is 0 Å². The maximum absolute atomic E-state index is 12.8. The Morgan fingerprint density at radius 1 is 0.778 bits per heavy atom. The highest BCUT2D eigenvalue weighted by Crippen LogP contribution is 2.41. The van der Waals surface area contributed by atoms with Crippen molar-refractivity contribution in [1.82, 2.24) is 4.90 Å². The average molecular weight is 369 g/mol. The highest BCUT2D eigenvalue weighted by atomic mass is 16.5. The number of methoxy groups -OCH3 is 3. The molecule has 0 N–H and O–H groups in total. The summed E-state index contributed by atoms with van der Waals surface area (Å²) >= 11 is 0. The summed E-state index contributed by atoms with van der Waals surface area (Å²) in [7, 11) is 4.79. The summed E-state index contributed by atoms with van der Waals surface area (Å²) < 4.78 is 16.2. The fraction of sp³-hybridized carbons (Fsp3) is 0.409. The lowest BCUT2D eigenvalue weighted by molar-refractivity contribution is 0.0761. The lowest BCUT2D eigenvalue weighted by Crippen LogP contribution is -2.31. The van der Waals surface area contributed by atoms with Crippen LogP contribution in [0.25, 0.3) is 11.1 Å². The van der Waals surface area contributed by atoms with Gasteiger partial charge in [0.1, 0.15) is 0 Å². The standard InChI is InChI=1S/C22H27NO4/c1-25-19-14-18(15-20(26-2)21(19)27-3)16-8-10-17(11-9-16)22(24)23-12-6-4-5-7-13-23/h8-11,14-15H,4-7,12-13H2,1-3H3. The number of hydrogen-bond acceptors (Lipinski definition) is 4. The molecule has 0 aliphatic carbocycles. The largest absolute Gasteiger partial charge is 0.493 e. The predicted molar refractivity (Wildman–Crippen MR) is 106 cm³/mol. The van der Waals surface area contributed by atoms with Gasteiger partial charge in [0.15, 0.2) is 11.5 Å². The first-order valence-corrected chi connectivity index (χ1v) is 9.37. The highest BCUT2D eigenvalue weighted by Gasteiger charge is 2.18. The normalized spacial score (nSPS) is 14.4. The Kier molecular flexibility index (Phi) is 6.22. The van der Waals surface area contributed by atoms with E-state index in [4.69, 9.17) is 14.2 Å². The highest BCUT2D eigenvalue weighted by molar-refractivity contribution is 5.94. The van der Waals surface area contributed by atoms with Crippen molar-refractivity contribution in [2.75, 3.05) is 34.4 Å². The maximum Gasteiger partial charge on any atom is 0.253 e. The lowest BCUT2D eigenvalue weighted by Gasteiger charge is -2.20. The minimum absolute atomic E-state index is 0.119. The number of ether oxygens (including phenoxy) is 3. The first kappa shape index (κ1) is 19.1. The van der Waals surface area contributed by atoms with Gasteiger partial charge in [0.05, 0.1) is 21.3 Å². The molecule has 1 fully saturated rings. The van der Waals surface area contributed by atoms with Crippen molar-refractivity contribution in [2.45, 2.75) is 25.7 Å². The average Bonchev–Trinajstić information content (AvgIpc) is 3.01. The van der Waals surface area contributed by atoms with E-state index in [0.29, 0.717) is 17.2 Å². The van der Waals surface area contributed by atoms with Gasteiger partial charge in [0.25, 0.3) is 5.91 Å². The van der Waals surface area contributed by atoms with Crippen LogP contribution in [0.3, 0.4) is 0 Å². The number of carbonyl (C=O) groups excluding carboxylic acids is 1. The van der Waals surface area contributed by atoms with Gasteiger partial charge in [0, 0.05) is 18.7 Å². The number of likely N-dealkylation sites (tertiary alicyclic amines) is 1. The molecule has 5 heteroatoms. The molecule has 0 bridgehead atoms. The summed E-state index contributed by atoms with van der Waals surface area (Å²) in [5.41, 5.74) is 2.66. The van der Waals surface area contributed by atoms with Crippen LogP contribution in [0.15, 0.2) is 36.4 Å². The Hall–Kier alpha value is -2.69. The van der Waals surface area contributed by atoms with Crippen LogP contribution in [0.2, 0.25) is 0 Å². The van der Waals surface area contributed by atoms with E-state index in [9.17, 15) is 4.79 Å². The SMILES string of the molecule is COc1cc(-c2ccc(C(=O)N3CCCCCC3)cc2)cc(OC)c1OC. The van der Waals surface area contributed by atoms with Crippen molar-refractivity contribution in [1.29, 1.82) is 0 Å². The summed E-state index contributed by atoms with van der Waals surface area (Å²) in [6.07, 6.45) is 4.61. The molecule has 0 spiro atoms. The van der Waals surface area contributed by atoms with Crippen molar-refractivity contribution >= 4 is 5.91 Å². The van der Waals surface area contributed by atoms with Crippen molar-refractivity contribution in [3.63, 3.8) is 0 Å². The molecule has 1 saturated heterocycles. The molecule has 0 atom stereocenters. The minimum Gasteiger partial charge on any atom is -0.493 e. The zero-order valence-electron chi connectivity index (χ0n) is 16.3. The summed E-state index contributed by atoms with van der Waals surface area (Å²) in [6.45, 7) is 1.71. The molecule has 1 heterocycles. The van der Waals surface area contributed by atoms with Gasteiger partial charge in [-0.05, 0) is 48.2 Å². The molecule has 1 aliphatic rings. The Morgan fingerprint density at radius 3 is 1.81 bits per heavy atom. The fourth-order valence-electron chi connectivity index (χ4n) is 3.51. The van der Waals surface area contributed by atoms with Crippen molar-refractivity contribution < 1.29 is 19.0 Å². The summed E-state index contributed by atoms with van der Waals surface area (Å²) in [5, 5.41) is 0. The van der Waals surface area contributed by atoms with E-state index in [1.807, 2.05) is 41.3 Å². The van der Waals surface area contributed by atoms with E-state index in [0.717, 1.165) is 42.6 Å². The Labute approximate surface area is 160 Å². The topological polar surface area (TPSA) is 48.0 Å². The molecule has 0 saturated carbocycles. The molecular formula is C22H27NO4.